The van der Waals surface area contributed by atoms with Crippen LogP contribution in [-0.4, -0.2) is 80.4 Å². The lowest BCUT2D eigenvalue weighted by Gasteiger charge is -2.31. The number of hydrogen-bond acceptors (Lipinski definition) is 8. The predicted octanol–water partition coefficient (Wildman–Crippen LogP) is 7.19. The maximum absolute atomic E-state index is 14.3. The normalized spacial score (nSPS) is 18.4. The lowest BCUT2D eigenvalue weighted by molar-refractivity contribution is 0.0569. The van der Waals surface area contributed by atoms with Crippen molar-refractivity contribution in [2.75, 3.05) is 19.6 Å². The minimum absolute atomic E-state index is 0.0368. The highest BCUT2D eigenvalue weighted by atomic mass is 16.2. The number of pyridine rings is 1. The lowest BCUT2D eigenvalue weighted by atomic mass is 9.82. The van der Waals surface area contributed by atoms with Crippen molar-refractivity contribution in [1.82, 2.24) is 19.3 Å². The fourth-order valence-electron chi connectivity index (χ4n) is 10.7. The zero-order valence-corrected chi connectivity index (χ0v) is 33.4. The summed E-state index contributed by atoms with van der Waals surface area (Å²) in [5, 5.41) is 8.13. The molecule has 12 rings (SSSR count). The summed E-state index contributed by atoms with van der Waals surface area (Å²) in [7, 11) is 0. The second-order valence-electron chi connectivity index (χ2n) is 16.8. The smallest absolute Gasteiger partial charge is 0.261 e. The van der Waals surface area contributed by atoms with Gasteiger partial charge in [0, 0.05) is 85.3 Å². The Hall–Kier alpha value is -7.34. The Morgan fingerprint density at radius 3 is 1.13 bits per heavy atom. The van der Waals surface area contributed by atoms with Gasteiger partial charge >= 0.3 is 0 Å². The second kappa shape index (κ2) is 12.1. The Balaban J connectivity index is 0.874. The van der Waals surface area contributed by atoms with Crippen molar-refractivity contribution in [3.63, 3.8) is 0 Å². The van der Waals surface area contributed by atoms with Gasteiger partial charge in [0.15, 0.2) is 0 Å². The fourth-order valence-corrected chi connectivity index (χ4v) is 10.7. The predicted molar refractivity (Wildman–Crippen MR) is 230 cm³/mol. The van der Waals surface area contributed by atoms with Gasteiger partial charge in [-0.15, -0.1) is 0 Å². The number of nitrogens with zero attached hydrogens (tertiary/aromatic N) is 5. The molecule has 0 radical (unpaired) electrons. The van der Waals surface area contributed by atoms with Crippen molar-refractivity contribution in [3.8, 4) is 0 Å². The Labute approximate surface area is 345 Å². The van der Waals surface area contributed by atoms with E-state index in [0.29, 0.717) is 78.8 Å². The largest absolute Gasteiger partial charge is 0.287 e. The van der Waals surface area contributed by atoms with E-state index in [4.69, 9.17) is 4.99 Å². The van der Waals surface area contributed by atoms with Crippen molar-refractivity contribution < 1.29 is 28.8 Å². The third-order valence-corrected chi connectivity index (χ3v) is 13.8. The van der Waals surface area contributed by atoms with Gasteiger partial charge in [-0.3, -0.25) is 57.8 Å². The van der Waals surface area contributed by atoms with Crippen LogP contribution in [0.3, 0.4) is 0 Å². The summed E-state index contributed by atoms with van der Waals surface area (Å²) in [6.07, 6.45) is 1.71. The number of aromatic nitrogens is 1. The summed E-state index contributed by atoms with van der Waals surface area (Å²) < 4.78 is 1.69. The Kier molecular flexibility index (Phi) is 7.07. The standard InChI is InChI=1S/C49H35N5O7/c1-4-5-19-51-43(55)29-12-7-24-26-9-14-31-40-32(15-10-27(37(26)40)25-8-13-30(44(51)56)39(29)36(24)25)46(58)52(45(31)57)20-6-21-53-47(59)33-16-11-28-38-35(18-17-34(41(33)38)48(53)60)49(61)54-23(3)22(2)50-42(28)54/h7-18,22-23H,4-6,19-21H2,1-3H3. The van der Waals surface area contributed by atoms with Crippen LogP contribution < -0.4 is 11.0 Å². The molecule has 12 heteroatoms. The van der Waals surface area contributed by atoms with Crippen molar-refractivity contribution >= 4 is 100 Å². The van der Waals surface area contributed by atoms with E-state index in [0.717, 1.165) is 49.0 Å². The highest BCUT2D eigenvalue weighted by Crippen LogP contribution is 2.46. The number of carbonyl (C=O) groups is 6. The third-order valence-electron chi connectivity index (χ3n) is 13.8. The van der Waals surface area contributed by atoms with Gasteiger partial charge in [-0.05, 0) is 108 Å². The highest BCUT2D eigenvalue weighted by molar-refractivity contribution is 6.41. The lowest BCUT2D eigenvalue weighted by Crippen LogP contribution is -2.44. The van der Waals surface area contributed by atoms with Crippen LogP contribution in [0.2, 0.25) is 0 Å². The van der Waals surface area contributed by atoms with Crippen molar-refractivity contribution in [3.05, 3.63) is 122 Å². The van der Waals surface area contributed by atoms with Gasteiger partial charge < -0.3 is 0 Å². The molecule has 0 aliphatic carbocycles. The molecule has 2 atom stereocenters. The number of amides is 6. The number of rotatable bonds is 7. The molecule has 5 heterocycles. The number of unbranched alkanes of at least 4 members (excludes halogenated alkanes) is 1. The summed E-state index contributed by atoms with van der Waals surface area (Å²) in [5.41, 5.74) is 2.66. The topological polar surface area (TPSA) is 146 Å². The molecule has 0 bridgehead atoms. The van der Waals surface area contributed by atoms with E-state index in [9.17, 15) is 33.6 Å². The Morgan fingerprint density at radius 2 is 0.754 bits per heavy atom. The van der Waals surface area contributed by atoms with Gasteiger partial charge in [-0.25, -0.2) is 0 Å². The average Bonchev–Trinajstić information content (AvgIpc) is 3.57. The quantitative estimate of drug-likeness (QED) is 0.0942. The first-order valence-electron chi connectivity index (χ1n) is 20.8. The van der Waals surface area contributed by atoms with Crippen LogP contribution in [-0.2, 0) is 0 Å². The van der Waals surface area contributed by atoms with Crippen molar-refractivity contribution in [2.24, 2.45) is 4.99 Å². The third kappa shape index (κ3) is 4.33. The Morgan fingerprint density at radius 1 is 0.426 bits per heavy atom. The van der Waals surface area contributed by atoms with Gasteiger partial charge in [0.05, 0.1) is 12.1 Å². The second-order valence-corrected chi connectivity index (χ2v) is 16.8. The molecule has 2 unspecified atom stereocenters. The van der Waals surface area contributed by atoms with E-state index < -0.39 is 23.6 Å². The number of benzene rings is 7. The van der Waals surface area contributed by atoms with Crippen molar-refractivity contribution in [1.29, 1.82) is 0 Å². The van der Waals surface area contributed by atoms with Gasteiger partial charge in [0.2, 0.25) is 0 Å². The minimum Gasteiger partial charge on any atom is -0.287 e. The first-order chi connectivity index (χ1) is 29.5. The van der Waals surface area contributed by atoms with Gasteiger partial charge in [0.1, 0.15) is 5.49 Å². The van der Waals surface area contributed by atoms with E-state index in [1.165, 1.54) is 9.80 Å². The zero-order valence-electron chi connectivity index (χ0n) is 33.4. The SMILES string of the molecule is CCCCN1C(=O)c2ccc3c4ccc5c6c(ccc(c7ccc(c2c37)C1=O)c64)C(=O)N(CCCN1C(=O)c2ccc3c(=O)n4c(c6ccc(c2c36)C1=O)=NC(C)C4C)C5=O. The first-order valence-corrected chi connectivity index (χ1v) is 20.8. The molecule has 0 fully saturated rings. The summed E-state index contributed by atoms with van der Waals surface area (Å²) in [6.45, 7) is 6.20. The van der Waals surface area contributed by atoms with Crippen LogP contribution in [0.5, 0.6) is 0 Å². The van der Waals surface area contributed by atoms with Crippen LogP contribution >= 0.6 is 0 Å². The van der Waals surface area contributed by atoms with Gasteiger partial charge in [-0.1, -0.05) is 37.6 Å². The molecule has 61 heavy (non-hydrogen) atoms. The van der Waals surface area contributed by atoms with Gasteiger partial charge in [-0.2, -0.15) is 0 Å². The van der Waals surface area contributed by atoms with E-state index in [1.807, 2.05) is 45.0 Å². The summed E-state index contributed by atoms with van der Waals surface area (Å²) in [5.74, 6) is -2.57. The number of imide groups is 3. The summed E-state index contributed by atoms with van der Waals surface area (Å²) in [4.78, 5) is 106. The maximum atomic E-state index is 14.3. The molecule has 0 N–H and O–H groups in total. The fraction of sp³-hybridized carbons (Fsp3) is 0.224. The molecule has 298 valence electrons. The molecule has 4 aliphatic heterocycles. The minimum atomic E-state index is -0.504. The Bertz CT molecular complexity index is 3460. The molecule has 8 aromatic rings. The van der Waals surface area contributed by atoms with E-state index in [2.05, 4.69) is 0 Å². The van der Waals surface area contributed by atoms with E-state index >= 15 is 0 Å². The number of hydrogen-bond donors (Lipinski definition) is 0. The molecule has 4 aliphatic rings. The first kappa shape index (κ1) is 35.6. The summed E-state index contributed by atoms with van der Waals surface area (Å²) in [6, 6.07) is 21.1. The van der Waals surface area contributed by atoms with Crippen LogP contribution in [0.4, 0.5) is 0 Å². The molecular formula is C49H35N5O7. The molecule has 6 amide bonds. The zero-order chi connectivity index (χ0) is 41.9. The summed E-state index contributed by atoms with van der Waals surface area (Å²) >= 11 is 0. The van der Waals surface area contributed by atoms with Gasteiger partial charge in [0.25, 0.3) is 41.0 Å². The maximum Gasteiger partial charge on any atom is 0.261 e. The van der Waals surface area contributed by atoms with Crippen molar-refractivity contribution in [2.45, 2.75) is 52.1 Å². The molecule has 0 spiro atoms. The number of fused-ring (bicyclic) bond motifs is 4. The van der Waals surface area contributed by atoms with Crippen LogP contribution in [0.25, 0.3) is 64.6 Å². The average molecular weight is 806 g/mol. The number of carbonyl (C=O) groups excluding carboxylic acids is 6. The molecule has 0 saturated heterocycles. The van der Waals surface area contributed by atoms with Crippen LogP contribution in [0, 0.1) is 0 Å². The monoisotopic (exact) mass is 805 g/mol. The van der Waals surface area contributed by atoms with Crippen LogP contribution in [0.15, 0.2) is 82.6 Å². The molecular weight excluding hydrogens is 771 g/mol. The highest BCUT2D eigenvalue weighted by Gasteiger charge is 2.39. The van der Waals surface area contributed by atoms with Crippen LogP contribution in [0.1, 0.15) is 108 Å². The van der Waals surface area contributed by atoms with E-state index in [-0.39, 0.29) is 49.0 Å². The molecule has 12 nitrogen and oxygen atoms in total. The molecule has 7 aromatic carbocycles. The van der Waals surface area contributed by atoms with E-state index in [1.54, 1.807) is 53.1 Å². The molecule has 1 aromatic heterocycles. The molecule has 0 saturated carbocycles.